The van der Waals surface area contributed by atoms with Gasteiger partial charge in [0, 0.05) is 5.75 Å². The van der Waals surface area contributed by atoms with Crippen LogP contribution in [-0.4, -0.2) is 14.9 Å². The van der Waals surface area contributed by atoms with Crippen LogP contribution >= 0.6 is 11.8 Å². The first-order valence-electron chi connectivity index (χ1n) is 8.74. The molecule has 27 heavy (non-hydrogen) atoms. The summed E-state index contributed by atoms with van der Waals surface area (Å²) >= 11 is 1.34. The molecule has 7 heteroatoms. The summed E-state index contributed by atoms with van der Waals surface area (Å²) in [5, 5.41) is 8.73. The Morgan fingerprint density at radius 3 is 2.70 bits per heavy atom. The lowest BCUT2D eigenvalue weighted by Gasteiger charge is -2.14. The lowest BCUT2D eigenvalue weighted by Crippen LogP contribution is -2.16. The Labute approximate surface area is 162 Å². The van der Waals surface area contributed by atoms with Gasteiger partial charge in [0.2, 0.25) is 5.16 Å². The van der Waals surface area contributed by atoms with Gasteiger partial charge in [-0.2, -0.15) is 0 Å². The number of aryl methyl sites for hydroxylation is 1. The third-order valence-corrected chi connectivity index (χ3v) is 5.19. The summed E-state index contributed by atoms with van der Waals surface area (Å²) in [4.78, 5) is 0. The fourth-order valence-corrected chi connectivity index (χ4v) is 3.51. The second kappa shape index (κ2) is 8.43. The standard InChI is InChI=1S/C20H23FN4OS/c1-13(2)16-9-8-14(3)10-18(16)26-11-19-23-24-20(25(19)22)27-12-15-6-4-5-7-17(15)21/h4-10,13H,11-12,22H2,1-3H3. The molecule has 1 heterocycles. The molecular formula is C20H23FN4OS. The van der Waals surface area contributed by atoms with Crippen LogP contribution in [0.1, 0.15) is 42.3 Å². The van der Waals surface area contributed by atoms with Gasteiger partial charge in [0.15, 0.2) is 5.82 Å². The summed E-state index contributed by atoms with van der Waals surface area (Å²) < 4.78 is 21.1. The molecule has 0 saturated heterocycles. The smallest absolute Gasteiger partial charge is 0.210 e. The molecule has 0 atom stereocenters. The van der Waals surface area contributed by atoms with Gasteiger partial charge in [-0.1, -0.05) is 55.9 Å². The van der Waals surface area contributed by atoms with Crippen molar-refractivity contribution in [3.05, 3.63) is 70.8 Å². The Bertz CT molecular complexity index is 926. The maximum absolute atomic E-state index is 13.7. The first kappa shape index (κ1) is 19.2. The fourth-order valence-electron chi connectivity index (χ4n) is 2.65. The van der Waals surface area contributed by atoms with Crippen LogP contribution in [0, 0.1) is 12.7 Å². The van der Waals surface area contributed by atoms with Crippen LogP contribution in [0.25, 0.3) is 0 Å². The van der Waals surface area contributed by atoms with Gasteiger partial charge in [-0.05, 0) is 41.7 Å². The van der Waals surface area contributed by atoms with Crippen molar-refractivity contribution in [2.45, 2.75) is 44.2 Å². The van der Waals surface area contributed by atoms with Gasteiger partial charge in [-0.3, -0.25) is 0 Å². The quantitative estimate of drug-likeness (QED) is 0.480. The maximum Gasteiger partial charge on any atom is 0.210 e. The second-order valence-corrected chi connectivity index (χ2v) is 7.58. The van der Waals surface area contributed by atoms with Gasteiger partial charge in [0.25, 0.3) is 0 Å². The number of hydrogen-bond donors (Lipinski definition) is 1. The predicted octanol–water partition coefficient (Wildman–Crippen LogP) is 4.43. The van der Waals surface area contributed by atoms with E-state index in [4.69, 9.17) is 10.6 Å². The number of nitrogen functional groups attached to an aromatic ring is 1. The van der Waals surface area contributed by atoms with Gasteiger partial charge in [-0.15, -0.1) is 10.2 Å². The minimum atomic E-state index is -0.239. The van der Waals surface area contributed by atoms with Gasteiger partial charge >= 0.3 is 0 Å². The minimum absolute atomic E-state index is 0.215. The Kier molecular flexibility index (Phi) is 6.01. The molecule has 0 aliphatic rings. The fraction of sp³-hybridized carbons (Fsp3) is 0.300. The Morgan fingerprint density at radius 2 is 1.96 bits per heavy atom. The van der Waals surface area contributed by atoms with Gasteiger partial charge in [0.05, 0.1) is 0 Å². The molecule has 0 saturated carbocycles. The third kappa shape index (κ3) is 4.60. The average molecular weight is 386 g/mol. The van der Waals surface area contributed by atoms with Crippen LogP contribution in [0.3, 0.4) is 0 Å². The summed E-state index contributed by atoms with van der Waals surface area (Å²) in [6, 6.07) is 12.8. The normalized spacial score (nSPS) is 11.1. The van der Waals surface area contributed by atoms with Gasteiger partial charge in [0.1, 0.15) is 18.2 Å². The number of benzene rings is 2. The lowest BCUT2D eigenvalue weighted by molar-refractivity contribution is 0.287. The zero-order valence-corrected chi connectivity index (χ0v) is 16.5. The number of nitrogens with two attached hydrogens (primary N) is 1. The lowest BCUT2D eigenvalue weighted by atomic mass is 10.0. The average Bonchev–Trinajstić information content (AvgIpc) is 2.99. The number of halogens is 1. The van der Waals surface area contributed by atoms with Crippen molar-refractivity contribution in [2.24, 2.45) is 0 Å². The molecule has 0 bridgehead atoms. The Balaban J connectivity index is 1.68. The van der Waals surface area contributed by atoms with Crippen LogP contribution in [0.5, 0.6) is 5.75 Å². The predicted molar refractivity (Wildman–Crippen MR) is 106 cm³/mol. The van der Waals surface area contributed by atoms with Gasteiger partial charge < -0.3 is 10.6 Å². The number of thioether (sulfide) groups is 1. The molecule has 0 unspecified atom stereocenters. The van der Waals surface area contributed by atoms with Crippen LogP contribution in [-0.2, 0) is 12.4 Å². The van der Waals surface area contributed by atoms with E-state index in [1.165, 1.54) is 22.5 Å². The van der Waals surface area contributed by atoms with Gasteiger partial charge in [-0.25, -0.2) is 9.07 Å². The van der Waals surface area contributed by atoms with E-state index in [1.54, 1.807) is 18.2 Å². The minimum Gasteiger partial charge on any atom is -0.485 e. The number of ether oxygens (including phenoxy) is 1. The van der Waals surface area contributed by atoms with E-state index in [1.807, 2.05) is 13.0 Å². The van der Waals surface area contributed by atoms with Crippen LogP contribution in [0.15, 0.2) is 47.6 Å². The van der Waals surface area contributed by atoms with Crippen molar-refractivity contribution < 1.29 is 9.13 Å². The highest BCUT2D eigenvalue weighted by atomic mass is 32.2. The molecular weight excluding hydrogens is 363 g/mol. The number of rotatable bonds is 7. The van der Waals surface area contributed by atoms with E-state index >= 15 is 0 Å². The zero-order chi connectivity index (χ0) is 19.4. The van der Waals surface area contributed by atoms with Crippen LogP contribution in [0.4, 0.5) is 4.39 Å². The maximum atomic E-state index is 13.7. The van der Waals surface area contributed by atoms with Crippen molar-refractivity contribution >= 4 is 11.8 Å². The summed E-state index contributed by atoms with van der Waals surface area (Å²) in [5.74, 6) is 7.98. The molecule has 0 spiro atoms. The molecule has 0 aliphatic heterocycles. The molecule has 0 amide bonds. The Hall–Kier alpha value is -2.54. The number of nitrogens with zero attached hydrogens (tertiary/aromatic N) is 3. The Morgan fingerprint density at radius 1 is 1.19 bits per heavy atom. The van der Waals surface area contributed by atoms with E-state index in [-0.39, 0.29) is 12.4 Å². The van der Waals surface area contributed by atoms with E-state index < -0.39 is 0 Å². The molecule has 5 nitrogen and oxygen atoms in total. The van der Waals surface area contributed by atoms with E-state index in [0.717, 1.165) is 16.9 Å². The van der Waals surface area contributed by atoms with E-state index in [9.17, 15) is 4.39 Å². The largest absolute Gasteiger partial charge is 0.485 e. The summed E-state index contributed by atoms with van der Waals surface area (Å²) in [6.45, 7) is 6.49. The number of aromatic nitrogens is 3. The van der Waals surface area contributed by atoms with E-state index in [2.05, 4.69) is 36.2 Å². The number of hydrogen-bond acceptors (Lipinski definition) is 5. The summed E-state index contributed by atoms with van der Waals surface area (Å²) in [7, 11) is 0. The zero-order valence-electron chi connectivity index (χ0n) is 15.6. The van der Waals surface area contributed by atoms with Crippen LogP contribution < -0.4 is 10.6 Å². The molecule has 3 rings (SSSR count). The molecule has 1 aromatic heterocycles. The molecule has 2 N–H and O–H groups in total. The van der Waals surface area contributed by atoms with E-state index in [0.29, 0.717) is 28.2 Å². The molecule has 0 radical (unpaired) electrons. The molecule has 2 aromatic carbocycles. The van der Waals surface area contributed by atoms with Crippen molar-refractivity contribution in [1.82, 2.24) is 14.9 Å². The third-order valence-electron chi connectivity index (χ3n) is 4.20. The molecule has 0 aliphatic carbocycles. The summed E-state index contributed by atoms with van der Waals surface area (Å²) in [6.07, 6.45) is 0. The van der Waals surface area contributed by atoms with Crippen molar-refractivity contribution in [1.29, 1.82) is 0 Å². The first-order chi connectivity index (χ1) is 13.0. The van der Waals surface area contributed by atoms with Crippen LogP contribution in [0.2, 0.25) is 0 Å². The summed E-state index contributed by atoms with van der Waals surface area (Å²) in [5.41, 5.74) is 2.87. The topological polar surface area (TPSA) is 66.0 Å². The first-order valence-corrected chi connectivity index (χ1v) is 9.73. The van der Waals surface area contributed by atoms with Crippen molar-refractivity contribution in [3.63, 3.8) is 0 Å². The van der Waals surface area contributed by atoms with Crippen molar-refractivity contribution in [2.75, 3.05) is 5.84 Å². The highest BCUT2D eigenvalue weighted by molar-refractivity contribution is 7.98. The monoisotopic (exact) mass is 386 g/mol. The highest BCUT2D eigenvalue weighted by Gasteiger charge is 2.14. The molecule has 142 valence electrons. The molecule has 3 aromatic rings. The van der Waals surface area contributed by atoms with Crippen molar-refractivity contribution in [3.8, 4) is 5.75 Å². The SMILES string of the molecule is Cc1ccc(C(C)C)c(OCc2nnc(SCc3ccccc3F)n2N)c1. The highest BCUT2D eigenvalue weighted by Crippen LogP contribution is 2.28. The molecule has 0 fully saturated rings. The second-order valence-electron chi connectivity index (χ2n) is 6.63.